The van der Waals surface area contributed by atoms with Gasteiger partial charge in [0, 0.05) is 5.69 Å². The van der Waals surface area contributed by atoms with Crippen LogP contribution in [0.15, 0.2) is 57.3 Å². The fraction of sp³-hybridized carbons (Fsp3) is 0.391. The van der Waals surface area contributed by atoms with E-state index in [1.165, 1.54) is 19.1 Å². The number of ether oxygens (including phenoxy) is 2. The fourth-order valence-electron chi connectivity index (χ4n) is 3.27. The minimum Gasteiger partial charge on any atom is -0.494 e. The molecule has 1 heterocycles. The van der Waals surface area contributed by atoms with E-state index >= 15 is 0 Å². The molecule has 0 spiro atoms. The Hall–Kier alpha value is -3.14. The molecule has 0 aliphatic carbocycles. The van der Waals surface area contributed by atoms with Gasteiger partial charge in [0.25, 0.3) is 10.1 Å². The molecule has 2 aromatic rings. The fourth-order valence-corrected chi connectivity index (χ4v) is 3.96. The minimum atomic E-state index is -4.71. The second-order valence-electron chi connectivity index (χ2n) is 8.57. The van der Waals surface area contributed by atoms with Crippen molar-refractivity contribution in [1.82, 2.24) is 0 Å². The normalized spacial score (nSPS) is 15.0. The van der Waals surface area contributed by atoms with Crippen LogP contribution < -0.4 is 25.8 Å². The highest BCUT2D eigenvalue weighted by molar-refractivity contribution is 7.86. The van der Waals surface area contributed by atoms with E-state index in [0.717, 1.165) is 12.1 Å². The summed E-state index contributed by atoms with van der Waals surface area (Å²) in [4.78, 5) is 9.66. The monoisotopic (exact) mass is 607 g/mol. The zero-order chi connectivity index (χ0) is 29.4. The van der Waals surface area contributed by atoms with Gasteiger partial charge in [0.05, 0.1) is 28.9 Å². The van der Waals surface area contributed by atoms with Crippen LogP contribution in [0.3, 0.4) is 0 Å². The summed E-state index contributed by atoms with van der Waals surface area (Å²) in [6, 6.07) is 10.4. The summed E-state index contributed by atoms with van der Waals surface area (Å²) < 4.78 is 72.7. The van der Waals surface area contributed by atoms with Crippen LogP contribution in [0.5, 0.6) is 11.5 Å². The number of guanidine groups is 2. The predicted octanol–water partition coefficient (Wildman–Crippen LogP) is 3.32. The second kappa shape index (κ2) is 13.3. The van der Waals surface area contributed by atoms with Crippen molar-refractivity contribution in [3.63, 3.8) is 0 Å². The van der Waals surface area contributed by atoms with Crippen molar-refractivity contribution in [3.05, 3.63) is 47.5 Å². The van der Waals surface area contributed by atoms with Gasteiger partial charge in [-0.1, -0.05) is 11.6 Å². The van der Waals surface area contributed by atoms with E-state index in [1.54, 1.807) is 17.0 Å². The van der Waals surface area contributed by atoms with Crippen LogP contribution in [0, 0.1) is 0 Å². The number of nitrogens with two attached hydrogens (primary N) is 2. The maximum Gasteiger partial charge on any atom is 0.332 e. The largest absolute Gasteiger partial charge is 0.494 e. The molecule has 5 N–H and O–H groups in total. The Bertz CT molecular complexity index is 1420. The smallest absolute Gasteiger partial charge is 0.332 e. The van der Waals surface area contributed by atoms with E-state index in [-0.39, 0.29) is 17.7 Å². The Morgan fingerprint density at radius 2 is 1.59 bits per heavy atom. The number of hydrogen-bond acceptors (Lipinski definition) is 11. The number of rotatable bonds is 10. The number of aliphatic imine (C=N–C) groups is 2. The second-order valence-corrected chi connectivity index (χ2v) is 12.1. The summed E-state index contributed by atoms with van der Waals surface area (Å²) in [5.41, 5.74) is 11.7. The lowest BCUT2D eigenvalue weighted by atomic mass is 10.1. The van der Waals surface area contributed by atoms with Gasteiger partial charge in [0.15, 0.2) is 0 Å². The van der Waals surface area contributed by atoms with Gasteiger partial charge >= 0.3 is 10.2 Å². The molecule has 12 nitrogen and oxygen atoms in total. The van der Waals surface area contributed by atoms with E-state index in [4.69, 9.17) is 37.1 Å². The standard InChI is InChI=1S/C21H25ClFN5O4S.C2H6O3S/c1-21(2)27-19(24)26-20(25)28(21)14-5-10-18(17(22)13-14)32-12-4-3-11-31-15-6-8-16(9-7-15)33(23,29)30;1-2-6(3,4)5/h5-10,13H,3-4,11-12H2,1-2H3,(H4,24,25,26,27);2H2,1H3,(H,3,4,5). The number of nitrogens with zero attached hydrogens (tertiary/aromatic N) is 3. The van der Waals surface area contributed by atoms with Crippen molar-refractivity contribution >= 4 is 49.5 Å². The summed E-state index contributed by atoms with van der Waals surface area (Å²) in [7, 11) is -8.37. The van der Waals surface area contributed by atoms with Crippen LogP contribution in [0.4, 0.5) is 9.57 Å². The van der Waals surface area contributed by atoms with Crippen molar-refractivity contribution in [1.29, 1.82) is 0 Å². The van der Waals surface area contributed by atoms with Gasteiger partial charge in [-0.3, -0.25) is 9.45 Å². The Kier molecular flexibility index (Phi) is 10.9. The molecule has 39 heavy (non-hydrogen) atoms. The van der Waals surface area contributed by atoms with Crippen LogP contribution >= 0.6 is 11.6 Å². The van der Waals surface area contributed by atoms with Gasteiger partial charge in [0.2, 0.25) is 11.9 Å². The Balaban J connectivity index is 0.000000798. The highest BCUT2D eigenvalue weighted by Gasteiger charge is 2.33. The van der Waals surface area contributed by atoms with Crippen LogP contribution in [-0.4, -0.2) is 57.9 Å². The van der Waals surface area contributed by atoms with Crippen LogP contribution in [0.2, 0.25) is 5.02 Å². The number of unbranched alkanes of at least 4 members (excludes halogenated alkanes) is 1. The summed E-state index contributed by atoms with van der Waals surface area (Å²) in [5, 5.41) is 0.415. The molecule has 3 rings (SSSR count). The molecule has 0 bridgehead atoms. The molecule has 1 aliphatic heterocycles. The molecule has 0 radical (unpaired) electrons. The average molecular weight is 608 g/mol. The number of anilines is 1. The molecule has 0 unspecified atom stereocenters. The lowest BCUT2D eigenvalue weighted by molar-refractivity contribution is 0.266. The molecule has 0 atom stereocenters. The summed E-state index contributed by atoms with van der Waals surface area (Å²) >= 11 is 6.40. The van der Waals surface area contributed by atoms with Gasteiger partial charge < -0.3 is 20.9 Å². The van der Waals surface area contributed by atoms with E-state index in [2.05, 4.69) is 9.98 Å². The maximum absolute atomic E-state index is 12.9. The van der Waals surface area contributed by atoms with Crippen molar-refractivity contribution in [3.8, 4) is 11.5 Å². The topological polar surface area (TPSA) is 187 Å². The predicted molar refractivity (Wildman–Crippen MR) is 148 cm³/mol. The van der Waals surface area contributed by atoms with Crippen molar-refractivity contribution < 1.29 is 34.7 Å². The molecule has 216 valence electrons. The van der Waals surface area contributed by atoms with Gasteiger partial charge in [-0.15, -0.1) is 3.89 Å². The van der Waals surface area contributed by atoms with Gasteiger partial charge in [0.1, 0.15) is 17.2 Å². The highest BCUT2D eigenvalue weighted by atomic mass is 35.5. The summed E-state index contributed by atoms with van der Waals surface area (Å²) in [6.07, 6.45) is 1.38. The molecule has 2 aromatic carbocycles. The van der Waals surface area contributed by atoms with E-state index in [9.17, 15) is 20.7 Å². The lowest BCUT2D eigenvalue weighted by Gasteiger charge is -2.38. The first-order valence-corrected chi connectivity index (χ1v) is 15.0. The molecule has 1 aliphatic rings. The number of benzene rings is 2. The molecule has 0 saturated carbocycles. The van der Waals surface area contributed by atoms with Gasteiger partial charge in [-0.25, -0.2) is 4.99 Å². The lowest BCUT2D eigenvalue weighted by Crippen LogP contribution is -2.54. The highest BCUT2D eigenvalue weighted by Crippen LogP contribution is 2.34. The first-order valence-electron chi connectivity index (χ1n) is 11.6. The third kappa shape index (κ3) is 10.2. The molecular formula is C23H31ClFN5O7S2. The Morgan fingerprint density at radius 3 is 2.08 bits per heavy atom. The number of hydrogen-bond donors (Lipinski definition) is 3. The molecular weight excluding hydrogens is 577 g/mol. The van der Waals surface area contributed by atoms with E-state index in [0.29, 0.717) is 48.3 Å². The third-order valence-electron chi connectivity index (χ3n) is 5.10. The SMILES string of the molecule is CC1(C)N=C(N)N=C(N)N1c1ccc(OCCCCOc2ccc(S(=O)(=O)F)cc2)c(Cl)c1.CCS(=O)(=O)O. The Morgan fingerprint density at radius 1 is 1.03 bits per heavy atom. The summed E-state index contributed by atoms with van der Waals surface area (Å²) in [6.45, 7) is 5.90. The minimum absolute atomic E-state index is 0.119. The first-order chi connectivity index (χ1) is 18.0. The molecule has 0 amide bonds. The zero-order valence-electron chi connectivity index (χ0n) is 21.5. The van der Waals surface area contributed by atoms with Crippen LogP contribution in [0.1, 0.15) is 33.6 Å². The molecule has 0 fully saturated rings. The molecule has 0 saturated heterocycles. The van der Waals surface area contributed by atoms with E-state index < -0.39 is 30.9 Å². The summed E-state index contributed by atoms with van der Waals surface area (Å²) in [5.74, 6) is 1.12. The maximum atomic E-state index is 12.9. The van der Waals surface area contributed by atoms with Crippen molar-refractivity contribution in [2.45, 2.75) is 44.2 Å². The molecule has 0 aromatic heterocycles. The van der Waals surface area contributed by atoms with Crippen LogP contribution in [0.25, 0.3) is 0 Å². The third-order valence-corrected chi connectivity index (χ3v) is 6.96. The zero-order valence-corrected chi connectivity index (χ0v) is 23.9. The van der Waals surface area contributed by atoms with Crippen LogP contribution in [-0.2, 0) is 20.3 Å². The molecule has 16 heteroatoms. The van der Waals surface area contributed by atoms with Crippen molar-refractivity contribution in [2.24, 2.45) is 21.5 Å². The van der Waals surface area contributed by atoms with Gasteiger partial charge in [-0.2, -0.15) is 21.8 Å². The average Bonchev–Trinajstić information content (AvgIpc) is 2.81. The van der Waals surface area contributed by atoms with Crippen molar-refractivity contribution in [2.75, 3.05) is 23.9 Å². The van der Waals surface area contributed by atoms with E-state index in [1.807, 2.05) is 19.9 Å². The number of halogens is 2. The first kappa shape index (κ1) is 32.1. The quantitative estimate of drug-likeness (QED) is 0.205. The Labute approximate surface area is 232 Å². The van der Waals surface area contributed by atoms with Gasteiger partial charge in [-0.05, 0) is 76.1 Å².